The normalized spacial score (nSPS) is 18.5. The molecule has 0 aliphatic carbocycles. The van der Waals surface area contributed by atoms with Gasteiger partial charge < -0.3 is 15.0 Å². The van der Waals surface area contributed by atoms with Crippen LogP contribution in [0.25, 0.3) is 0 Å². The summed E-state index contributed by atoms with van der Waals surface area (Å²) in [6, 6.07) is 0.373. The van der Waals surface area contributed by atoms with Crippen LogP contribution in [0, 0.1) is 0 Å². The van der Waals surface area contributed by atoms with Crippen molar-refractivity contribution in [1.29, 1.82) is 0 Å². The van der Waals surface area contributed by atoms with Crippen LogP contribution >= 0.6 is 0 Å². The Labute approximate surface area is 98.3 Å². The summed E-state index contributed by atoms with van der Waals surface area (Å²) in [5, 5.41) is 3.30. The Hall–Kier alpha value is -0.610. The Bertz CT molecular complexity index is 230. The molecule has 1 heterocycles. The van der Waals surface area contributed by atoms with E-state index in [0.717, 1.165) is 25.9 Å². The summed E-state index contributed by atoms with van der Waals surface area (Å²) < 4.78 is 5.50. The SMILES string of the molecule is CN(C(=O)COC(C)(C)C)C1CCNCC1. The van der Waals surface area contributed by atoms with Crippen molar-refractivity contribution in [3.05, 3.63) is 0 Å². The summed E-state index contributed by atoms with van der Waals surface area (Å²) in [5.41, 5.74) is -0.245. The third-order valence-corrected chi connectivity index (χ3v) is 2.88. The van der Waals surface area contributed by atoms with Crippen molar-refractivity contribution in [3.63, 3.8) is 0 Å². The molecule has 0 atom stereocenters. The Balaban J connectivity index is 2.34. The Morgan fingerprint density at radius 3 is 2.44 bits per heavy atom. The third kappa shape index (κ3) is 4.49. The van der Waals surface area contributed by atoms with Crippen molar-refractivity contribution in [2.24, 2.45) is 0 Å². The topological polar surface area (TPSA) is 41.6 Å². The van der Waals surface area contributed by atoms with Crippen LogP contribution < -0.4 is 5.32 Å². The smallest absolute Gasteiger partial charge is 0.248 e. The molecule has 0 bridgehead atoms. The molecular formula is C12H24N2O2. The monoisotopic (exact) mass is 228 g/mol. The van der Waals surface area contributed by atoms with Gasteiger partial charge in [-0.25, -0.2) is 0 Å². The predicted molar refractivity (Wildman–Crippen MR) is 64.4 cm³/mol. The average molecular weight is 228 g/mol. The number of nitrogens with zero attached hydrogens (tertiary/aromatic N) is 1. The maximum Gasteiger partial charge on any atom is 0.248 e. The van der Waals surface area contributed by atoms with E-state index in [9.17, 15) is 4.79 Å². The minimum Gasteiger partial charge on any atom is -0.366 e. The molecule has 0 aromatic heterocycles. The second kappa shape index (κ2) is 5.64. The summed E-state index contributed by atoms with van der Waals surface area (Å²) in [6.45, 7) is 8.08. The van der Waals surface area contributed by atoms with E-state index in [1.54, 1.807) is 0 Å². The fourth-order valence-electron chi connectivity index (χ4n) is 1.78. The van der Waals surface area contributed by atoms with Crippen molar-refractivity contribution in [2.75, 3.05) is 26.7 Å². The van der Waals surface area contributed by atoms with Gasteiger partial charge in [-0.3, -0.25) is 4.79 Å². The minimum atomic E-state index is -0.245. The Kier molecular flexibility index (Phi) is 4.74. The van der Waals surface area contributed by atoms with E-state index < -0.39 is 0 Å². The maximum atomic E-state index is 11.9. The van der Waals surface area contributed by atoms with Crippen molar-refractivity contribution >= 4 is 5.91 Å². The van der Waals surface area contributed by atoms with Gasteiger partial charge in [0.1, 0.15) is 6.61 Å². The standard InChI is InChI=1S/C12H24N2O2/c1-12(2,3)16-9-11(15)14(4)10-5-7-13-8-6-10/h10,13H,5-9H2,1-4H3. The zero-order chi connectivity index (χ0) is 12.2. The van der Waals surface area contributed by atoms with Crippen molar-refractivity contribution in [2.45, 2.75) is 45.3 Å². The van der Waals surface area contributed by atoms with Gasteiger partial charge in [-0.05, 0) is 46.7 Å². The minimum absolute atomic E-state index is 0.0850. The van der Waals surface area contributed by atoms with E-state index in [1.165, 1.54) is 0 Å². The molecule has 16 heavy (non-hydrogen) atoms. The number of hydrogen-bond donors (Lipinski definition) is 1. The zero-order valence-corrected chi connectivity index (χ0v) is 10.9. The molecule has 1 aliphatic heterocycles. The number of hydrogen-bond acceptors (Lipinski definition) is 3. The van der Waals surface area contributed by atoms with Crippen molar-refractivity contribution < 1.29 is 9.53 Å². The second-order valence-electron chi connectivity index (χ2n) is 5.39. The number of carbonyl (C=O) groups is 1. The first-order chi connectivity index (χ1) is 7.40. The molecule has 0 unspecified atom stereocenters. The van der Waals surface area contributed by atoms with Crippen LogP contribution in [0.3, 0.4) is 0 Å². The molecule has 1 amide bonds. The molecule has 4 nitrogen and oxygen atoms in total. The molecule has 0 aromatic rings. The van der Waals surface area contributed by atoms with Crippen LogP contribution in [0.4, 0.5) is 0 Å². The van der Waals surface area contributed by atoms with Gasteiger partial charge in [0, 0.05) is 13.1 Å². The summed E-state index contributed by atoms with van der Waals surface area (Å²) in [7, 11) is 1.88. The maximum absolute atomic E-state index is 11.9. The molecule has 0 aromatic carbocycles. The highest BCUT2D eigenvalue weighted by Gasteiger charge is 2.23. The van der Waals surface area contributed by atoms with E-state index in [2.05, 4.69) is 5.32 Å². The second-order valence-corrected chi connectivity index (χ2v) is 5.39. The number of likely N-dealkylation sites (N-methyl/N-ethyl adjacent to an activating group) is 1. The van der Waals surface area contributed by atoms with E-state index in [0.29, 0.717) is 6.04 Å². The summed E-state index contributed by atoms with van der Waals surface area (Å²) in [5.74, 6) is 0.0850. The van der Waals surface area contributed by atoms with E-state index in [-0.39, 0.29) is 18.1 Å². The highest BCUT2D eigenvalue weighted by molar-refractivity contribution is 5.77. The Morgan fingerprint density at radius 2 is 1.94 bits per heavy atom. The lowest BCUT2D eigenvalue weighted by Gasteiger charge is -2.32. The number of amides is 1. The van der Waals surface area contributed by atoms with E-state index in [1.807, 2.05) is 32.7 Å². The van der Waals surface area contributed by atoms with Gasteiger partial charge in [0.25, 0.3) is 0 Å². The fourth-order valence-corrected chi connectivity index (χ4v) is 1.78. The number of nitrogens with one attached hydrogen (secondary N) is 1. The molecule has 0 radical (unpaired) electrons. The molecule has 1 rings (SSSR count). The molecule has 1 aliphatic rings. The lowest BCUT2D eigenvalue weighted by Crippen LogP contribution is -2.45. The fraction of sp³-hybridized carbons (Fsp3) is 0.917. The van der Waals surface area contributed by atoms with Crippen LogP contribution in [0.5, 0.6) is 0 Å². The predicted octanol–water partition coefficient (Wildman–Crippen LogP) is 1.01. The van der Waals surface area contributed by atoms with Gasteiger partial charge in [-0.2, -0.15) is 0 Å². The largest absolute Gasteiger partial charge is 0.366 e. The first-order valence-corrected chi connectivity index (χ1v) is 6.00. The molecular weight excluding hydrogens is 204 g/mol. The van der Waals surface area contributed by atoms with Crippen LogP contribution in [0.2, 0.25) is 0 Å². The highest BCUT2D eigenvalue weighted by Crippen LogP contribution is 2.12. The molecule has 4 heteroatoms. The number of ether oxygens (including phenoxy) is 1. The molecule has 0 saturated carbocycles. The molecule has 94 valence electrons. The number of piperidine rings is 1. The molecule has 0 spiro atoms. The van der Waals surface area contributed by atoms with E-state index in [4.69, 9.17) is 4.74 Å². The number of rotatable bonds is 3. The van der Waals surface area contributed by atoms with Gasteiger partial charge in [0.15, 0.2) is 0 Å². The van der Waals surface area contributed by atoms with Gasteiger partial charge in [0.05, 0.1) is 5.60 Å². The van der Waals surface area contributed by atoms with Crippen LogP contribution in [0.1, 0.15) is 33.6 Å². The third-order valence-electron chi connectivity index (χ3n) is 2.88. The molecule has 1 saturated heterocycles. The quantitative estimate of drug-likeness (QED) is 0.784. The lowest BCUT2D eigenvalue weighted by molar-refractivity contribution is -0.142. The summed E-state index contributed by atoms with van der Waals surface area (Å²) in [6.07, 6.45) is 2.08. The van der Waals surface area contributed by atoms with Crippen LogP contribution in [-0.2, 0) is 9.53 Å². The molecule has 1 fully saturated rings. The first-order valence-electron chi connectivity index (χ1n) is 6.00. The highest BCUT2D eigenvalue weighted by atomic mass is 16.5. The van der Waals surface area contributed by atoms with Crippen molar-refractivity contribution in [3.8, 4) is 0 Å². The average Bonchev–Trinajstić information content (AvgIpc) is 2.25. The summed E-state index contributed by atoms with van der Waals surface area (Å²) >= 11 is 0. The number of carbonyl (C=O) groups excluding carboxylic acids is 1. The molecule has 1 N–H and O–H groups in total. The van der Waals surface area contributed by atoms with Gasteiger partial charge in [0.2, 0.25) is 5.91 Å². The lowest BCUT2D eigenvalue weighted by atomic mass is 10.1. The van der Waals surface area contributed by atoms with E-state index >= 15 is 0 Å². The van der Waals surface area contributed by atoms with Gasteiger partial charge in [-0.15, -0.1) is 0 Å². The first kappa shape index (κ1) is 13.5. The summed E-state index contributed by atoms with van der Waals surface area (Å²) in [4.78, 5) is 13.7. The van der Waals surface area contributed by atoms with Gasteiger partial charge in [-0.1, -0.05) is 0 Å². The van der Waals surface area contributed by atoms with Crippen molar-refractivity contribution in [1.82, 2.24) is 10.2 Å². The van der Waals surface area contributed by atoms with Gasteiger partial charge >= 0.3 is 0 Å². The van der Waals surface area contributed by atoms with Crippen LogP contribution in [-0.4, -0.2) is 49.2 Å². The van der Waals surface area contributed by atoms with Crippen LogP contribution in [0.15, 0.2) is 0 Å². The zero-order valence-electron chi connectivity index (χ0n) is 10.9. The Morgan fingerprint density at radius 1 is 1.38 bits per heavy atom.